The number of nitrogens with zero attached hydrogens (tertiary/aromatic N) is 3. The number of para-hydroxylation sites is 1. The smallest absolute Gasteiger partial charge is 0.159 e. The van der Waals surface area contributed by atoms with Crippen molar-refractivity contribution in [3.05, 3.63) is 152 Å². The van der Waals surface area contributed by atoms with Crippen LogP contribution in [0.2, 0.25) is 0 Å². The van der Waals surface area contributed by atoms with Gasteiger partial charge in [0.25, 0.3) is 0 Å². The summed E-state index contributed by atoms with van der Waals surface area (Å²) < 4.78 is 4.95. The van der Waals surface area contributed by atoms with Gasteiger partial charge in [0.15, 0.2) is 5.82 Å². The average molecular weight is 580 g/mol. The molecule has 0 bridgehead atoms. The van der Waals surface area contributed by atoms with Crippen LogP contribution < -0.4 is 0 Å². The van der Waals surface area contributed by atoms with E-state index < -0.39 is 0 Å². The van der Waals surface area contributed by atoms with E-state index in [0.717, 1.165) is 22.6 Å². The molecular formula is C40H25N3S. The third-order valence-corrected chi connectivity index (χ3v) is 9.72. The largest absolute Gasteiger partial charge is 0.309 e. The number of rotatable bonds is 4. The maximum atomic E-state index is 4.67. The molecule has 0 aliphatic carbocycles. The Morgan fingerprint density at radius 2 is 1.16 bits per heavy atom. The first-order valence-electron chi connectivity index (χ1n) is 14.7. The van der Waals surface area contributed by atoms with Crippen molar-refractivity contribution in [1.82, 2.24) is 14.5 Å². The molecule has 0 amide bonds. The summed E-state index contributed by atoms with van der Waals surface area (Å²) in [6, 6.07) is 49.9. The standard InChI is InChI=1S/C40H25N3S/c1-3-10-26(11-4-1)27-12-7-13-28(24-27)29-18-21-36-33(25-29)31-19-20-35-38(39(31)44-36)37-32(40-41-22-9-23-42-40)16-8-17-34(37)43(35)30-14-5-2-6-15-30/h1-25H. The highest BCUT2D eigenvalue weighted by atomic mass is 32.1. The maximum absolute atomic E-state index is 4.67. The first-order valence-corrected chi connectivity index (χ1v) is 15.6. The van der Waals surface area contributed by atoms with E-state index in [1.807, 2.05) is 29.8 Å². The highest BCUT2D eigenvalue weighted by Gasteiger charge is 2.21. The van der Waals surface area contributed by atoms with Crippen molar-refractivity contribution in [2.75, 3.05) is 0 Å². The molecule has 0 unspecified atom stereocenters. The zero-order valence-electron chi connectivity index (χ0n) is 23.7. The predicted octanol–water partition coefficient (Wildman–Crippen LogP) is 10.9. The van der Waals surface area contributed by atoms with Gasteiger partial charge in [-0.2, -0.15) is 0 Å². The fraction of sp³-hybridized carbons (Fsp3) is 0. The number of aromatic nitrogens is 3. The molecule has 0 aliphatic rings. The summed E-state index contributed by atoms with van der Waals surface area (Å²) in [7, 11) is 0. The summed E-state index contributed by atoms with van der Waals surface area (Å²) in [5.41, 5.74) is 9.42. The molecule has 0 saturated heterocycles. The third-order valence-electron chi connectivity index (χ3n) is 8.52. The van der Waals surface area contributed by atoms with E-state index in [4.69, 9.17) is 0 Å². The van der Waals surface area contributed by atoms with E-state index in [9.17, 15) is 0 Å². The van der Waals surface area contributed by atoms with Gasteiger partial charge in [0, 0.05) is 54.6 Å². The Kier molecular flexibility index (Phi) is 5.68. The zero-order valence-corrected chi connectivity index (χ0v) is 24.5. The molecule has 0 atom stereocenters. The third kappa shape index (κ3) is 3.89. The van der Waals surface area contributed by atoms with E-state index in [1.165, 1.54) is 58.7 Å². The molecule has 0 N–H and O–H groups in total. The molecule has 0 spiro atoms. The minimum atomic E-state index is 0.740. The van der Waals surface area contributed by atoms with E-state index in [0.29, 0.717) is 0 Å². The zero-order chi connectivity index (χ0) is 29.0. The second-order valence-corrected chi connectivity index (χ2v) is 12.1. The van der Waals surface area contributed by atoms with Gasteiger partial charge >= 0.3 is 0 Å². The lowest BCUT2D eigenvalue weighted by molar-refractivity contribution is 1.17. The van der Waals surface area contributed by atoms with Crippen molar-refractivity contribution < 1.29 is 0 Å². The van der Waals surface area contributed by atoms with Crippen LogP contribution in [0.3, 0.4) is 0 Å². The molecule has 6 aromatic carbocycles. The van der Waals surface area contributed by atoms with Crippen molar-refractivity contribution in [3.8, 4) is 39.3 Å². The lowest BCUT2D eigenvalue weighted by Crippen LogP contribution is -1.93. The highest BCUT2D eigenvalue weighted by Crippen LogP contribution is 2.46. The molecule has 9 rings (SSSR count). The maximum Gasteiger partial charge on any atom is 0.159 e. The molecule has 0 radical (unpaired) electrons. The lowest BCUT2D eigenvalue weighted by atomic mass is 9.97. The summed E-state index contributed by atoms with van der Waals surface area (Å²) >= 11 is 1.87. The second kappa shape index (κ2) is 10.0. The fourth-order valence-corrected chi connectivity index (χ4v) is 7.78. The number of thiophene rings is 1. The average Bonchev–Trinajstić information content (AvgIpc) is 3.65. The monoisotopic (exact) mass is 579 g/mol. The van der Waals surface area contributed by atoms with Crippen LogP contribution in [0, 0.1) is 0 Å². The summed E-state index contributed by atoms with van der Waals surface area (Å²) in [5.74, 6) is 0.740. The molecular weight excluding hydrogens is 555 g/mol. The molecule has 4 heteroatoms. The van der Waals surface area contributed by atoms with Gasteiger partial charge in [0.2, 0.25) is 0 Å². The fourth-order valence-electron chi connectivity index (χ4n) is 6.54. The summed E-state index contributed by atoms with van der Waals surface area (Å²) in [5, 5.41) is 4.99. The number of fused-ring (bicyclic) bond motifs is 7. The quantitative estimate of drug-likeness (QED) is 0.208. The minimum Gasteiger partial charge on any atom is -0.309 e. The number of benzene rings is 6. The van der Waals surface area contributed by atoms with Gasteiger partial charge in [-0.25, -0.2) is 9.97 Å². The van der Waals surface area contributed by atoms with E-state index in [2.05, 4.69) is 148 Å². The van der Waals surface area contributed by atoms with Gasteiger partial charge in [-0.3, -0.25) is 0 Å². The Balaban J connectivity index is 1.32. The molecule has 44 heavy (non-hydrogen) atoms. The van der Waals surface area contributed by atoms with Crippen molar-refractivity contribution in [2.45, 2.75) is 0 Å². The Hall–Kier alpha value is -5.58. The van der Waals surface area contributed by atoms with Crippen molar-refractivity contribution >= 4 is 53.3 Å². The number of hydrogen-bond acceptors (Lipinski definition) is 3. The molecule has 3 heterocycles. The SMILES string of the molecule is c1ccc(-c2cccc(-c3ccc4sc5c(ccc6c5c5c(-c7ncccn7)cccc5n6-c5ccccc5)c4c3)c2)cc1. The first kappa shape index (κ1) is 25.0. The Morgan fingerprint density at radius 1 is 0.477 bits per heavy atom. The molecule has 3 aromatic heterocycles. The van der Waals surface area contributed by atoms with E-state index in [-0.39, 0.29) is 0 Å². The van der Waals surface area contributed by atoms with Crippen LogP contribution in [0.25, 0.3) is 81.3 Å². The van der Waals surface area contributed by atoms with Crippen LogP contribution in [0.1, 0.15) is 0 Å². The van der Waals surface area contributed by atoms with Crippen molar-refractivity contribution in [1.29, 1.82) is 0 Å². The molecule has 9 aromatic rings. The molecule has 0 aliphatic heterocycles. The first-order chi connectivity index (χ1) is 21.8. The van der Waals surface area contributed by atoms with E-state index in [1.54, 1.807) is 0 Å². The van der Waals surface area contributed by atoms with Gasteiger partial charge < -0.3 is 4.57 Å². The van der Waals surface area contributed by atoms with Crippen LogP contribution >= 0.6 is 11.3 Å². The summed E-state index contributed by atoms with van der Waals surface area (Å²) in [6.07, 6.45) is 3.64. The Morgan fingerprint density at radius 3 is 1.98 bits per heavy atom. The van der Waals surface area contributed by atoms with Crippen molar-refractivity contribution in [2.24, 2.45) is 0 Å². The van der Waals surface area contributed by atoms with Crippen LogP contribution in [-0.2, 0) is 0 Å². The topological polar surface area (TPSA) is 30.7 Å². The minimum absolute atomic E-state index is 0.740. The molecule has 0 fully saturated rings. The molecule has 206 valence electrons. The van der Waals surface area contributed by atoms with Gasteiger partial charge in [-0.1, -0.05) is 91.0 Å². The lowest BCUT2D eigenvalue weighted by Gasteiger charge is -2.08. The van der Waals surface area contributed by atoms with Gasteiger partial charge in [-0.15, -0.1) is 11.3 Å². The summed E-state index contributed by atoms with van der Waals surface area (Å²) in [6.45, 7) is 0. The van der Waals surface area contributed by atoms with Gasteiger partial charge in [0.1, 0.15) is 0 Å². The van der Waals surface area contributed by atoms with E-state index >= 15 is 0 Å². The second-order valence-electron chi connectivity index (χ2n) is 11.0. The van der Waals surface area contributed by atoms with Crippen molar-refractivity contribution in [3.63, 3.8) is 0 Å². The highest BCUT2D eigenvalue weighted by molar-refractivity contribution is 7.26. The number of hydrogen-bond donors (Lipinski definition) is 0. The Bertz CT molecular complexity index is 2480. The van der Waals surface area contributed by atoms with Gasteiger partial charge in [0.05, 0.1) is 11.0 Å². The van der Waals surface area contributed by atoms with Crippen LogP contribution in [0.15, 0.2) is 152 Å². The van der Waals surface area contributed by atoms with Gasteiger partial charge in [-0.05, 0) is 70.8 Å². The normalized spacial score (nSPS) is 11.6. The molecule has 0 saturated carbocycles. The predicted molar refractivity (Wildman–Crippen MR) is 186 cm³/mol. The van der Waals surface area contributed by atoms with Crippen LogP contribution in [-0.4, -0.2) is 14.5 Å². The summed E-state index contributed by atoms with van der Waals surface area (Å²) in [4.78, 5) is 9.34. The Labute approximate surface area is 258 Å². The molecule has 3 nitrogen and oxygen atoms in total. The van der Waals surface area contributed by atoms with Crippen LogP contribution in [0.5, 0.6) is 0 Å². The van der Waals surface area contributed by atoms with Crippen LogP contribution in [0.4, 0.5) is 0 Å².